The molecule has 0 fully saturated rings. The summed E-state index contributed by atoms with van der Waals surface area (Å²) < 4.78 is -0.475. The van der Waals surface area contributed by atoms with E-state index in [1.165, 1.54) is 0 Å². The van der Waals surface area contributed by atoms with Crippen LogP contribution < -0.4 is 0 Å². The summed E-state index contributed by atoms with van der Waals surface area (Å²) in [6.45, 7) is 0. The van der Waals surface area contributed by atoms with E-state index in [0.717, 1.165) is 0 Å². The Labute approximate surface area is 130 Å². The molecule has 0 saturated heterocycles. The molecule has 2 rings (SSSR count). The van der Waals surface area contributed by atoms with Crippen molar-refractivity contribution >= 4 is 15.9 Å². The summed E-state index contributed by atoms with van der Waals surface area (Å²) in [5.41, 5.74) is -1.82. The Morgan fingerprint density at radius 3 is 0.909 bits per heavy atom. The molecule has 9 nitrogen and oxygen atoms in total. The zero-order valence-electron chi connectivity index (χ0n) is 10.4. The Morgan fingerprint density at radius 2 is 0.591 bits per heavy atom. The molecule has 0 atom stereocenters. The van der Waals surface area contributed by atoms with Crippen LogP contribution in [0.4, 0.5) is 0 Å². The van der Waals surface area contributed by atoms with Crippen molar-refractivity contribution < 1.29 is 46.0 Å². The normalized spacial score (nSPS) is 10.8. The lowest BCUT2D eigenvalue weighted by Gasteiger charge is -2.16. The molecular weight excluding hydrogens is 368 g/mol. The molecule has 0 aliphatic carbocycles. The molecule has 0 radical (unpaired) electrons. The van der Waals surface area contributed by atoms with Gasteiger partial charge in [-0.05, 0) is 15.9 Å². The average Bonchev–Trinajstić information content (AvgIpc) is 2.50. The van der Waals surface area contributed by atoms with Crippen LogP contribution in [0, 0.1) is 0 Å². The van der Waals surface area contributed by atoms with E-state index in [9.17, 15) is 46.0 Å². The minimum absolute atomic E-state index is 0.475. The highest BCUT2D eigenvalue weighted by Gasteiger charge is 2.31. The molecule has 0 bridgehead atoms. The highest BCUT2D eigenvalue weighted by atomic mass is 79.9. The lowest BCUT2D eigenvalue weighted by atomic mass is 9.98. The maximum absolute atomic E-state index is 9.84. The fourth-order valence-electron chi connectivity index (χ4n) is 1.83. The summed E-state index contributed by atoms with van der Waals surface area (Å²) in [5, 5.41) is 86.6. The van der Waals surface area contributed by atoms with Gasteiger partial charge in [-0.3, -0.25) is 0 Å². The van der Waals surface area contributed by atoms with Crippen LogP contribution in [0.2, 0.25) is 0 Å². The second kappa shape index (κ2) is 4.84. The van der Waals surface area contributed by atoms with E-state index in [-0.39, 0.29) is 0 Å². The summed E-state index contributed by atoms with van der Waals surface area (Å²) >= 11 is 2.68. The fraction of sp³-hybridized carbons (Fsp3) is 0. The largest absolute Gasteiger partial charge is 0.504 e. The Bertz CT molecular complexity index is 675. The summed E-state index contributed by atoms with van der Waals surface area (Å²) in [6.07, 6.45) is 0. The standard InChI is InChI=1S/C12H9BrO9/c13-3-8(18)4(14)1(5(15)9(3)19)2-6(16)10(20)12(22)11(21)7(2)17/h14-22H. The molecular formula is C12H9BrO9. The smallest absolute Gasteiger partial charge is 0.208 e. The number of hydrogen-bond acceptors (Lipinski definition) is 9. The van der Waals surface area contributed by atoms with Crippen molar-refractivity contribution in [1.29, 1.82) is 0 Å². The number of rotatable bonds is 1. The van der Waals surface area contributed by atoms with Gasteiger partial charge in [0.15, 0.2) is 34.5 Å². The summed E-state index contributed by atoms with van der Waals surface area (Å²) in [5.74, 6) is -10.3. The second-order valence-corrected chi connectivity index (χ2v) is 4.99. The molecule has 2 aromatic rings. The predicted molar refractivity (Wildman–Crippen MR) is 74.6 cm³/mol. The third kappa shape index (κ3) is 1.84. The van der Waals surface area contributed by atoms with Crippen molar-refractivity contribution in [2.45, 2.75) is 0 Å². The van der Waals surface area contributed by atoms with Crippen molar-refractivity contribution in [2.24, 2.45) is 0 Å². The second-order valence-electron chi connectivity index (χ2n) is 4.20. The first-order chi connectivity index (χ1) is 10.1. The Hall–Kier alpha value is -2.88. The Kier molecular flexibility index (Phi) is 3.41. The van der Waals surface area contributed by atoms with Crippen LogP contribution in [0.5, 0.6) is 51.7 Å². The minimum Gasteiger partial charge on any atom is -0.504 e. The average molecular weight is 377 g/mol. The van der Waals surface area contributed by atoms with Gasteiger partial charge in [0, 0.05) is 0 Å². The predicted octanol–water partition coefficient (Wildman–Crippen LogP) is 1.47. The van der Waals surface area contributed by atoms with Gasteiger partial charge in [0.1, 0.15) is 4.47 Å². The maximum Gasteiger partial charge on any atom is 0.208 e. The number of aromatic hydroxyl groups is 9. The van der Waals surface area contributed by atoms with Crippen LogP contribution in [-0.4, -0.2) is 46.0 Å². The zero-order chi connectivity index (χ0) is 16.9. The summed E-state index contributed by atoms with van der Waals surface area (Å²) in [6, 6.07) is 0. The van der Waals surface area contributed by atoms with Gasteiger partial charge >= 0.3 is 0 Å². The molecule has 9 N–H and O–H groups in total. The molecule has 0 aliphatic heterocycles. The Morgan fingerprint density at radius 1 is 0.364 bits per heavy atom. The third-order valence-corrected chi connectivity index (χ3v) is 3.71. The quantitative estimate of drug-likeness (QED) is 0.262. The molecule has 0 heterocycles. The van der Waals surface area contributed by atoms with Gasteiger partial charge in [0.2, 0.25) is 17.2 Å². The highest BCUT2D eigenvalue weighted by molar-refractivity contribution is 9.10. The lowest BCUT2D eigenvalue weighted by Crippen LogP contribution is -1.88. The van der Waals surface area contributed by atoms with E-state index in [0.29, 0.717) is 0 Å². The van der Waals surface area contributed by atoms with Gasteiger partial charge in [-0.25, -0.2) is 0 Å². The molecule has 22 heavy (non-hydrogen) atoms. The van der Waals surface area contributed by atoms with E-state index in [1.54, 1.807) is 0 Å². The minimum atomic E-state index is -1.26. The number of benzene rings is 2. The first kappa shape index (κ1) is 15.5. The van der Waals surface area contributed by atoms with E-state index in [2.05, 4.69) is 15.9 Å². The van der Waals surface area contributed by atoms with E-state index < -0.39 is 67.3 Å². The van der Waals surface area contributed by atoms with Gasteiger partial charge in [0.05, 0.1) is 11.1 Å². The zero-order valence-corrected chi connectivity index (χ0v) is 12.0. The SMILES string of the molecule is Oc1c(O)c(O)c(-c2c(O)c(O)c(Br)c(O)c2O)c(O)c1O. The molecule has 0 aliphatic rings. The van der Waals surface area contributed by atoms with Crippen molar-refractivity contribution in [3.8, 4) is 62.9 Å². The summed E-state index contributed by atoms with van der Waals surface area (Å²) in [7, 11) is 0. The van der Waals surface area contributed by atoms with Gasteiger partial charge in [-0.1, -0.05) is 0 Å². The van der Waals surface area contributed by atoms with Gasteiger partial charge in [0.25, 0.3) is 0 Å². The van der Waals surface area contributed by atoms with Gasteiger partial charge in [-0.15, -0.1) is 0 Å². The molecule has 0 aromatic heterocycles. The lowest BCUT2D eigenvalue weighted by molar-refractivity contribution is 0.329. The highest BCUT2D eigenvalue weighted by Crippen LogP contribution is 2.61. The first-order valence-corrected chi connectivity index (χ1v) is 6.24. The summed E-state index contributed by atoms with van der Waals surface area (Å²) in [4.78, 5) is 0. The van der Waals surface area contributed by atoms with Gasteiger partial charge in [-0.2, -0.15) is 0 Å². The van der Waals surface area contributed by atoms with Crippen molar-refractivity contribution in [2.75, 3.05) is 0 Å². The number of phenolic OH excluding ortho intramolecular Hbond substituents is 9. The van der Waals surface area contributed by atoms with Crippen LogP contribution in [0.3, 0.4) is 0 Å². The monoisotopic (exact) mass is 376 g/mol. The van der Waals surface area contributed by atoms with E-state index in [1.807, 2.05) is 0 Å². The number of hydrogen-bond donors (Lipinski definition) is 9. The van der Waals surface area contributed by atoms with Crippen LogP contribution >= 0.6 is 15.9 Å². The molecule has 0 unspecified atom stereocenters. The van der Waals surface area contributed by atoms with Crippen LogP contribution in [0.1, 0.15) is 0 Å². The van der Waals surface area contributed by atoms with Crippen LogP contribution in [0.25, 0.3) is 11.1 Å². The Balaban J connectivity index is 3.03. The van der Waals surface area contributed by atoms with Crippen molar-refractivity contribution in [3.63, 3.8) is 0 Å². The van der Waals surface area contributed by atoms with Crippen molar-refractivity contribution in [1.82, 2.24) is 0 Å². The van der Waals surface area contributed by atoms with Gasteiger partial charge < -0.3 is 46.0 Å². The van der Waals surface area contributed by atoms with E-state index in [4.69, 9.17) is 0 Å². The first-order valence-electron chi connectivity index (χ1n) is 5.45. The molecule has 0 spiro atoms. The molecule has 0 amide bonds. The fourth-order valence-corrected chi connectivity index (χ4v) is 2.20. The van der Waals surface area contributed by atoms with Crippen LogP contribution in [0.15, 0.2) is 4.47 Å². The molecule has 2 aromatic carbocycles. The number of halogens is 1. The van der Waals surface area contributed by atoms with Crippen molar-refractivity contribution in [3.05, 3.63) is 4.47 Å². The number of phenols is 9. The topological polar surface area (TPSA) is 182 Å². The van der Waals surface area contributed by atoms with E-state index >= 15 is 0 Å². The third-order valence-electron chi connectivity index (χ3n) is 2.96. The molecule has 118 valence electrons. The molecule has 10 heteroatoms. The molecule has 0 saturated carbocycles. The maximum atomic E-state index is 9.84. The van der Waals surface area contributed by atoms with Crippen LogP contribution in [-0.2, 0) is 0 Å².